The van der Waals surface area contributed by atoms with Gasteiger partial charge in [-0.25, -0.2) is 0 Å². The van der Waals surface area contributed by atoms with Gasteiger partial charge in [0.05, 0.1) is 6.54 Å². The maximum atomic E-state index is 12.5. The molecule has 0 unspecified atom stereocenters. The van der Waals surface area contributed by atoms with E-state index >= 15 is 0 Å². The summed E-state index contributed by atoms with van der Waals surface area (Å²) < 4.78 is 0. The number of piperidine rings is 2. The number of carboxylic acids is 1. The first kappa shape index (κ1) is 27.7. The molecule has 10 heteroatoms. The average Bonchev–Trinajstić information content (AvgIpc) is 2.63. The molecule has 0 aliphatic carbocycles. The summed E-state index contributed by atoms with van der Waals surface area (Å²) in [5, 5.41) is 12.2. The molecule has 0 spiro atoms. The number of aliphatic carboxylic acids is 1. The molecule has 0 aromatic heterocycles. The molecule has 0 radical (unpaired) electrons. The van der Waals surface area contributed by atoms with Crippen LogP contribution in [0.15, 0.2) is 0 Å². The van der Waals surface area contributed by atoms with Crippen LogP contribution in [0.3, 0.4) is 0 Å². The first-order valence-electron chi connectivity index (χ1n) is 9.78. The van der Waals surface area contributed by atoms with Crippen molar-refractivity contribution in [1.82, 2.24) is 20.0 Å². The molecule has 1 amide bonds. The van der Waals surface area contributed by atoms with Gasteiger partial charge in [-0.3, -0.25) is 19.4 Å². The van der Waals surface area contributed by atoms with Gasteiger partial charge in [-0.15, -0.1) is 37.2 Å². The van der Waals surface area contributed by atoms with Crippen LogP contribution in [0.1, 0.15) is 32.1 Å². The Bertz CT molecular complexity index is 465. The number of carbonyl (C=O) groups is 2. The van der Waals surface area contributed by atoms with Crippen molar-refractivity contribution in [2.24, 2.45) is 5.92 Å². The molecule has 2 N–H and O–H groups in total. The minimum absolute atomic E-state index is 0. The minimum Gasteiger partial charge on any atom is -0.480 e. The molecule has 3 heterocycles. The highest BCUT2D eigenvalue weighted by molar-refractivity contribution is 5.86. The van der Waals surface area contributed by atoms with Crippen LogP contribution in [0.4, 0.5) is 0 Å². The highest BCUT2D eigenvalue weighted by Crippen LogP contribution is 2.21. The fourth-order valence-electron chi connectivity index (χ4n) is 4.43. The molecule has 3 rings (SSSR count). The predicted octanol–water partition coefficient (Wildman–Crippen LogP) is 1.33. The SMILES string of the molecule is Cl.Cl.Cl.O=C(O)CN1CCC(N2CCN(C(=O)CC3CCNCC3)CC2)CC1. The first-order chi connectivity index (χ1) is 12.1. The standard InChI is InChI=1S/C18H32N4O3.3ClH/c23-17(13-15-1-5-19-6-2-15)22-11-9-21(10-12-22)16-3-7-20(8-4-16)14-18(24)25;;;/h15-16,19H,1-14H2,(H,24,25);3*1H. The summed E-state index contributed by atoms with van der Waals surface area (Å²) in [6, 6.07) is 0.548. The molecule has 166 valence electrons. The van der Waals surface area contributed by atoms with E-state index in [1.807, 2.05) is 4.90 Å². The van der Waals surface area contributed by atoms with Gasteiger partial charge >= 0.3 is 5.97 Å². The second-order valence-electron chi connectivity index (χ2n) is 7.72. The van der Waals surface area contributed by atoms with Crippen molar-refractivity contribution in [3.63, 3.8) is 0 Å². The summed E-state index contributed by atoms with van der Waals surface area (Å²) >= 11 is 0. The number of rotatable bonds is 5. The molecule has 0 aromatic carbocycles. The maximum absolute atomic E-state index is 12.5. The van der Waals surface area contributed by atoms with Crippen molar-refractivity contribution >= 4 is 49.1 Å². The topological polar surface area (TPSA) is 76.1 Å². The van der Waals surface area contributed by atoms with Gasteiger partial charge in [-0.05, 0) is 44.7 Å². The number of carbonyl (C=O) groups excluding carboxylic acids is 1. The Morgan fingerprint density at radius 1 is 0.857 bits per heavy atom. The Balaban J connectivity index is 0.00000243. The van der Waals surface area contributed by atoms with Crippen molar-refractivity contribution in [2.75, 3.05) is 58.9 Å². The van der Waals surface area contributed by atoms with Gasteiger partial charge < -0.3 is 15.3 Å². The van der Waals surface area contributed by atoms with Crippen LogP contribution in [0, 0.1) is 5.92 Å². The third-order valence-corrected chi connectivity index (χ3v) is 6.02. The molecule has 3 aliphatic rings. The molecule has 28 heavy (non-hydrogen) atoms. The number of hydrogen-bond acceptors (Lipinski definition) is 5. The van der Waals surface area contributed by atoms with Crippen molar-refractivity contribution in [1.29, 1.82) is 0 Å². The molecule has 0 bridgehead atoms. The van der Waals surface area contributed by atoms with Crippen LogP contribution in [-0.2, 0) is 9.59 Å². The minimum atomic E-state index is -0.737. The largest absolute Gasteiger partial charge is 0.480 e. The smallest absolute Gasteiger partial charge is 0.317 e. The normalized spacial score (nSPS) is 22.5. The zero-order chi connectivity index (χ0) is 17.6. The zero-order valence-electron chi connectivity index (χ0n) is 16.4. The fraction of sp³-hybridized carbons (Fsp3) is 0.889. The number of amides is 1. The molecule has 0 aromatic rings. The molecule has 3 saturated heterocycles. The van der Waals surface area contributed by atoms with Gasteiger partial charge in [0.25, 0.3) is 0 Å². The van der Waals surface area contributed by atoms with E-state index in [1.54, 1.807) is 0 Å². The van der Waals surface area contributed by atoms with Crippen molar-refractivity contribution in [3.8, 4) is 0 Å². The van der Waals surface area contributed by atoms with Crippen LogP contribution in [0.25, 0.3) is 0 Å². The number of nitrogens with one attached hydrogen (secondary N) is 1. The van der Waals surface area contributed by atoms with Gasteiger partial charge in [0.1, 0.15) is 0 Å². The van der Waals surface area contributed by atoms with Crippen LogP contribution in [0.2, 0.25) is 0 Å². The lowest BCUT2D eigenvalue weighted by molar-refractivity contribution is -0.138. The van der Waals surface area contributed by atoms with Crippen LogP contribution in [-0.4, -0.2) is 96.6 Å². The van der Waals surface area contributed by atoms with Crippen LogP contribution < -0.4 is 5.32 Å². The second-order valence-corrected chi connectivity index (χ2v) is 7.72. The van der Waals surface area contributed by atoms with Crippen LogP contribution in [0.5, 0.6) is 0 Å². The lowest BCUT2D eigenvalue weighted by Crippen LogP contribution is -2.54. The Morgan fingerprint density at radius 3 is 1.96 bits per heavy atom. The molecular formula is C18H35Cl3N4O3. The lowest BCUT2D eigenvalue weighted by Gasteiger charge is -2.42. The third-order valence-electron chi connectivity index (χ3n) is 6.02. The van der Waals surface area contributed by atoms with Gasteiger partial charge in [0.15, 0.2) is 0 Å². The monoisotopic (exact) mass is 460 g/mol. The summed E-state index contributed by atoms with van der Waals surface area (Å²) in [5.74, 6) is 0.160. The van der Waals surface area contributed by atoms with Crippen molar-refractivity contribution in [2.45, 2.75) is 38.1 Å². The van der Waals surface area contributed by atoms with E-state index < -0.39 is 5.97 Å². The quantitative estimate of drug-likeness (QED) is 0.643. The third kappa shape index (κ3) is 8.20. The highest BCUT2D eigenvalue weighted by Gasteiger charge is 2.30. The number of carboxylic acid groups (broad SMARTS) is 1. The van der Waals surface area contributed by atoms with E-state index in [0.717, 1.165) is 84.5 Å². The summed E-state index contributed by atoms with van der Waals surface area (Å²) in [5.41, 5.74) is 0. The number of likely N-dealkylation sites (tertiary alicyclic amines) is 1. The fourth-order valence-corrected chi connectivity index (χ4v) is 4.43. The molecule has 7 nitrogen and oxygen atoms in total. The van der Waals surface area contributed by atoms with Gasteiger partial charge in [-0.2, -0.15) is 0 Å². The van der Waals surface area contributed by atoms with Gasteiger partial charge in [-0.1, -0.05) is 0 Å². The Kier molecular flexibility index (Phi) is 13.7. The maximum Gasteiger partial charge on any atom is 0.317 e. The van der Waals surface area contributed by atoms with Crippen LogP contribution >= 0.6 is 37.2 Å². The molecular weight excluding hydrogens is 427 g/mol. The highest BCUT2D eigenvalue weighted by atomic mass is 35.5. The average molecular weight is 462 g/mol. The van der Waals surface area contributed by atoms with E-state index in [-0.39, 0.29) is 43.8 Å². The summed E-state index contributed by atoms with van der Waals surface area (Å²) in [7, 11) is 0. The van der Waals surface area contributed by atoms with E-state index in [0.29, 0.717) is 17.9 Å². The first-order valence-corrected chi connectivity index (χ1v) is 9.78. The molecule has 3 aliphatic heterocycles. The number of nitrogens with zero attached hydrogens (tertiary/aromatic N) is 3. The Hall–Kier alpha value is -0.310. The van der Waals surface area contributed by atoms with E-state index in [1.165, 1.54) is 0 Å². The van der Waals surface area contributed by atoms with Gasteiger partial charge in [0.2, 0.25) is 5.91 Å². The van der Waals surface area contributed by atoms with E-state index in [2.05, 4.69) is 15.1 Å². The van der Waals surface area contributed by atoms with E-state index in [9.17, 15) is 9.59 Å². The molecule has 0 atom stereocenters. The Morgan fingerprint density at radius 2 is 1.43 bits per heavy atom. The number of hydrogen-bond donors (Lipinski definition) is 2. The number of halogens is 3. The Labute approximate surface area is 186 Å². The summed E-state index contributed by atoms with van der Waals surface area (Å²) in [6.45, 7) is 7.60. The van der Waals surface area contributed by atoms with Crippen molar-refractivity contribution < 1.29 is 14.7 Å². The van der Waals surface area contributed by atoms with Gasteiger partial charge in [0, 0.05) is 51.7 Å². The predicted molar refractivity (Wildman–Crippen MR) is 117 cm³/mol. The second kappa shape index (κ2) is 13.8. The lowest BCUT2D eigenvalue weighted by atomic mass is 9.94. The zero-order valence-corrected chi connectivity index (χ0v) is 18.8. The summed E-state index contributed by atoms with van der Waals surface area (Å²) in [6.07, 6.45) is 5.04. The van der Waals surface area contributed by atoms with Crippen molar-refractivity contribution in [3.05, 3.63) is 0 Å². The van der Waals surface area contributed by atoms with E-state index in [4.69, 9.17) is 5.11 Å². The summed E-state index contributed by atoms with van der Waals surface area (Å²) in [4.78, 5) is 29.9. The molecule has 0 saturated carbocycles. The number of piperazine rings is 1. The molecule has 3 fully saturated rings.